The van der Waals surface area contributed by atoms with E-state index in [2.05, 4.69) is 43.4 Å². The van der Waals surface area contributed by atoms with Crippen molar-refractivity contribution in [2.45, 2.75) is 32.5 Å². The lowest BCUT2D eigenvalue weighted by molar-refractivity contribution is 0.599. The molecule has 0 radical (unpaired) electrons. The maximum Gasteiger partial charge on any atom is 0.191 e. The van der Waals surface area contributed by atoms with Crippen molar-refractivity contribution >= 4 is 39.8 Å². The second-order valence-corrected chi connectivity index (χ2v) is 8.82. The van der Waals surface area contributed by atoms with E-state index in [1.54, 1.807) is 13.2 Å². The number of hydrogen-bond donors (Lipinski definition) is 2. The van der Waals surface area contributed by atoms with Crippen LogP contribution in [-0.2, 0) is 22.9 Å². The molecule has 27 heavy (non-hydrogen) atoms. The number of benzene rings is 1. The number of rotatable bonds is 5. The van der Waals surface area contributed by atoms with E-state index in [0.29, 0.717) is 18.9 Å². The molecular formula is C18H26IN5O2S. The zero-order valence-electron chi connectivity index (χ0n) is 15.6. The molecule has 0 saturated carbocycles. The van der Waals surface area contributed by atoms with Crippen molar-refractivity contribution in [1.29, 1.82) is 0 Å². The highest BCUT2D eigenvalue weighted by Crippen LogP contribution is 2.11. The number of nitrogens with zero attached hydrogens (tertiary/aromatic N) is 3. The first-order valence-electron chi connectivity index (χ1n) is 8.68. The Labute approximate surface area is 177 Å². The van der Waals surface area contributed by atoms with E-state index < -0.39 is 9.84 Å². The standard InChI is InChI=1S/C18H25N5O2S.HI/c1-14-20-7-8-23(14)12-16-5-3-4-15(10-16)11-21-18(19-2)22-17-6-9-26(24,25)13-17;/h3-5,7-8,10,17H,6,9,11-13H2,1-2H3,(H2,19,21,22);1H. The molecule has 1 saturated heterocycles. The Morgan fingerprint density at radius 3 is 2.78 bits per heavy atom. The number of aryl methyl sites for hydroxylation is 1. The van der Waals surface area contributed by atoms with Crippen molar-refractivity contribution in [3.8, 4) is 0 Å². The molecule has 1 aliphatic heterocycles. The Bertz CT molecular complexity index is 895. The summed E-state index contributed by atoms with van der Waals surface area (Å²) in [5, 5.41) is 6.46. The van der Waals surface area contributed by atoms with Crippen LogP contribution in [0.4, 0.5) is 0 Å². The minimum absolute atomic E-state index is 0. The molecule has 0 amide bonds. The molecule has 148 valence electrons. The van der Waals surface area contributed by atoms with Crippen LogP contribution in [0.3, 0.4) is 0 Å². The summed E-state index contributed by atoms with van der Waals surface area (Å²) < 4.78 is 25.3. The fourth-order valence-electron chi connectivity index (χ4n) is 3.09. The monoisotopic (exact) mass is 503 g/mol. The summed E-state index contributed by atoms with van der Waals surface area (Å²) >= 11 is 0. The third-order valence-electron chi connectivity index (χ3n) is 4.52. The van der Waals surface area contributed by atoms with Crippen LogP contribution in [0.5, 0.6) is 0 Å². The maximum absolute atomic E-state index is 11.6. The van der Waals surface area contributed by atoms with Crippen LogP contribution in [0.25, 0.3) is 0 Å². The van der Waals surface area contributed by atoms with Gasteiger partial charge in [-0.1, -0.05) is 24.3 Å². The summed E-state index contributed by atoms with van der Waals surface area (Å²) in [5.74, 6) is 2.04. The lowest BCUT2D eigenvalue weighted by atomic mass is 10.1. The van der Waals surface area contributed by atoms with Gasteiger partial charge < -0.3 is 15.2 Å². The predicted octanol–water partition coefficient (Wildman–Crippen LogP) is 1.71. The van der Waals surface area contributed by atoms with Crippen LogP contribution in [-0.4, -0.2) is 48.5 Å². The van der Waals surface area contributed by atoms with E-state index >= 15 is 0 Å². The Morgan fingerprint density at radius 1 is 1.37 bits per heavy atom. The first kappa shape index (κ1) is 21.7. The van der Waals surface area contributed by atoms with Crippen molar-refractivity contribution in [1.82, 2.24) is 20.2 Å². The lowest BCUT2D eigenvalue weighted by Crippen LogP contribution is -2.43. The average molecular weight is 503 g/mol. The van der Waals surface area contributed by atoms with Gasteiger partial charge in [-0.2, -0.15) is 0 Å². The van der Waals surface area contributed by atoms with E-state index in [4.69, 9.17) is 0 Å². The minimum Gasteiger partial charge on any atom is -0.353 e. The maximum atomic E-state index is 11.6. The molecule has 1 aliphatic rings. The Morgan fingerprint density at radius 2 is 2.15 bits per heavy atom. The van der Waals surface area contributed by atoms with Crippen LogP contribution >= 0.6 is 24.0 Å². The molecule has 2 N–H and O–H groups in total. The molecule has 2 heterocycles. The van der Waals surface area contributed by atoms with Gasteiger partial charge in [-0.3, -0.25) is 4.99 Å². The number of sulfone groups is 1. The molecular weight excluding hydrogens is 477 g/mol. The van der Waals surface area contributed by atoms with E-state index in [-0.39, 0.29) is 41.5 Å². The van der Waals surface area contributed by atoms with Gasteiger partial charge in [-0.05, 0) is 24.5 Å². The van der Waals surface area contributed by atoms with Gasteiger partial charge in [0.05, 0.1) is 11.5 Å². The zero-order valence-corrected chi connectivity index (χ0v) is 18.7. The number of imidazole rings is 1. The van der Waals surface area contributed by atoms with Gasteiger partial charge >= 0.3 is 0 Å². The number of nitrogens with one attached hydrogen (secondary N) is 2. The second kappa shape index (κ2) is 9.54. The van der Waals surface area contributed by atoms with Gasteiger partial charge in [-0.15, -0.1) is 24.0 Å². The van der Waals surface area contributed by atoms with Gasteiger partial charge in [-0.25, -0.2) is 13.4 Å². The predicted molar refractivity (Wildman–Crippen MR) is 118 cm³/mol. The van der Waals surface area contributed by atoms with Crippen molar-refractivity contribution in [2.75, 3.05) is 18.6 Å². The Kier molecular flexibility index (Phi) is 7.66. The summed E-state index contributed by atoms with van der Waals surface area (Å²) in [6.07, 6.45) is 4.41. The first-order valence-corrected chi connectivity index (χ1v) is 10.5. The van der Waals surface area contributed by atoms with Crippen molar-refractivity contribution in [3.05, 3.63) is 53.6 Å². The molecule has 3 rings (SSSR count). The van der Waals surface area contributed by atoms with Crippen molar-refractivity contribution in [2.24, 2.45) is 4.99 Å². The van der Waals surface area contributed by atoms with Crippen molar-refractivity contribution < 1.29 is 8.42 Å². The van der Waals surface area contributed by atoms with E-state index in [1.165, 1.54) is 5.56 Å². The fourth-order valence-corrected chi connectivity index (χ4v) is 4.76. The summed E-state index contributed by atoms with van der Waals surface area (Å²) in [6.45, 7) is 3.40. The molecule has 1 fully saturated rings. The number of guanidine groups is 1. The molecule has 1 atom stereocenters. The molecule has 0 spiro atoms. The van der Waals surface area contributed by atoms with Crippen LogP contribution in [0.15, 0.2) is 41.7 Å². The highest BCUT2D eigenvalue weighted by molar-refractivity contribution is 14.0. The SMILES string of the molecule is CN=C(NCc1cccc(Cn2ccnc2C)c1)NC1CCS(=O)(=O)C1.I. The van der Waals surface area contributed by atoms with Gasteiger partial charge in [0.1, 0.15) is 5.82 Å². The second-order valence-electron chi connectivity index (χ2n) is 6.59. The summed E-state index contributed by atoms with van der Waals surface area (Å²) in [4.78, 5) is 8.45. The Hall–Kier alpha value is -1.62. The number of halogens is 1. The molecule has 1 unspecified atom stereocenters. The normalized spacial score (nSPS) is 18.7. The largest absolute Gasteiger partial charge is 0.353 e. The number of aliphatic imine (C=N–C) groups is 1. The third-order valence-corrected chi connectivity index (χ3v) is 6.29. The molecule has 1 aromatic carbocycles. The lowest BCUT2D eigenvalue weighted by Gasteiger charge is -2.16. The van der Waals surface area contributed by atoms with Gasteiger partial charge in [0, 0.05) is 38.6 Å². The quantitative estimate of drug-likeness (QED) is 0.369. The van der Waals surface area contributed by atoms with Crippen LogP contribution in [0.1, 0.15) is 23.4 Å². The summed E-state index contributed by atoms with van der Waals surface area (Å²) in [6, 6.07) is 8.28. The zero-order chi connectivity index (χ0) is 18.6. The third kappa shape index (κ3) is 6.20. The number of hydrogen-bond acceptors (Lipinski definition) is 4. The molecule has 2 aromatic rings. The smallest absolute Gasteiger partial charge is 0.191 e. The van der Waals surface area contributed by atoms with Crippen LogP contribution in [0.2, 0.25) is 0 Å². The molecule has 7 nitrogen and oxygen atoms in total. The summed E-state index contributed by atoms with van der Waals surface area (Å²) in [5.41, 5.74) is 2.34. The highest BCUT2D eigenvalue weighted by Gasteiger charge is 2.28. The molecule has 0 aliphatic carbocycles. The average Bonchev–Trinajstić information content (AvgIpc) is 3.17. The van der Waals surface area contributed by atoms with E-state index in [0.717, 1.165) is 17.9 Å². The molecule has 0 bridgehead atoms. The molecule has 1 aromatic heterocycles. The topological polar surface area (TPSA) is 88.4 Å². The van der Waals surface area contributed by atoms with Crippen LogP contribution in [0, 0.1) is 6.92 Å². The van der Waals surface area contributed by atoms with Gasteiger partial charge in [0.25, 0.3) is 0 Å². The highest BCUT2D eigenvalue weighted by atomic mass is 127. The first-order chi connectivity index (χ1) is 12.4. The minimum atomic E-state index is -2.90. The van der Waals surface area contributed by atoms with E-state index in [1.807, 2.05) is 19.2 Å². The fraction of sp³-hybridized carbons (Fsp3) is 0.444. The Balaban J connectivity index is 0.00000261. The molecule has 9 heteroatoms. The van der Waals surface area contributed by atoms with Gasteiger partial charge in [0.2, 0.25) is 0 Å². The van der Waals surface area contributed by atoms with E-state index in [9.17, 15) is 8.42 Å². The van der Waals surface area contributed by atoms with Gasteiger partial charge in [0.15, 0.2) is 15.8 Å². The number of aromatic nitrogens is 2. The van der Waals surface area contributed by atoms with Crippen LogP contribution < -0.4 is 10.6 Å². The van der Waals surface area contributed by atoms with Crippen molar-refractivity contribution in [3.63, 3.8) is 0 Å². The summed E-state index contributed by atoms with van der Waals surface area (Å²) in [7, 11) is -1.21.